The van der Waals surface area contributed by atoms with Crippen LogP contribution in [0.5, 0.6) is 5.75 Å². The number of benzene rings is 1. The molecule has 0 aromatic heterocycles. The highest BCUT2D eigenvalue weighted by Gasteiger charge is 2.36. The third-order valence-electron chi connectivity index (χ3n) is 4.32. The minimum absolute atomic E-state index is 0.121. The van der Waals surface area contributed by atoms with Crippen LogP contribution in [0.3, 0.4) is 0 Å². The predicted molar refractivity (Wildman–Crippen MR) is 95.5 cm³/mol. The van der Waals surface area contributed by atoms with E-state index < -0.39 is 11.4 Å². The Balaban J connectivity index is 1.53. The summed E-state index contributed by atoms with van der Waals surface area (Å²) in [6, 6.07) is 4.43. The summed E-state index contributed by atoms with van der Waals surface area (Å²) >= 11 is 0. The van der Waals surface area contributed by atoms with E-state index in [-0.39, 0.29) is 17.9 Å². The SMILES string of the molecule is CC(C)(C)OC(=O)N1CCN2C(NCc3ccc(O)c(F)c3)=NCC2C1. The van der Waals surface area contributed by atoms with Crippen LogP contribution in [0.2, 0.25) is 0 Å². The first-order chi connectivity index (χ1) is 12.2. The number of nitrogens with one attached hydrogen (secondary N) is 1. The number of piperazine rings is 1. The molecule has 0 radical (unpaired) electrons. The van der Waals surface area contributed by atoms with E-state index in [0.29, 0.717) is 32.7 Å². The molecule has 0 bridgehead atoms. The lowest BCUT2D eigenvalue weighted by molar-refractivity contribution is 0.0137. The highest BCUT2D eigenvalue weighted by atomic mass is 19.1. The molecule has 8 heteroatoms. The van der Waals surface area contributed by atoms with Crippen LogP contribution in [0.25, 0.3) is 0 Å². The zero-order valence-corrected chi connectivity index (χ0v) is 15.3. The average Bonchev–Trinajstić information content (AvgIpc) is 2.96. The minimum Gasteiger partial charge on any atom is -0.505 e. The van der Waals surface area contributed by atoms with Gasteiger partial charge < -0.3 is 25.0 Å². The van der Waals surface area contributed by atoms with Gasteiger partial charge in [0.1, 0.15) is 5.60 Å². The van der Waals surface area contributed by atoms with E-state index in [4.69, 9.17) is 4.74 Å². The fourth-order valence-electron chi connectivity index (χ4n) is 3.06. The maximum Gasteiger partial charge on any atom is 0.410 e. The number of phenolic OH excluding ortho intramolecular Hbond substituents is 1. The van der Waals surface area contributed by atoms with Crippen LogP contribution >= 0.6 is 0 Å². The van der Waals surface area contributed by atoms with Crippen molar-refractivity contribution in [2.24, 2.45) is 4.99 Å². The van der Waals surface area contributed by atoms with Crippen molar-refractivity contribution in [2.45, 2.75) is 39.0 Å². The van der Waals surface area contributed by atoms with E-state index in [1.165, 1.54) is 12.1 Å². The van der Waals surface area contributed by atoms with Crippen LogP contribution in [0.15, 0.2) is 23.2 Å². The lowest BCUT2D eigenvalue weighted by Crippen LogP contribution is -2.57. The molecular formula is C18H25FN4O3. The quantitative estimate of drug-likeness (QED) is 0.838. The van der Waals surface area contributed by atoms with Gasteiger partial charge in [0, 0.05) is 26.2 Å². The highest BCUT2D eigenvalue weighted by molar-refractivity contribution is 5.82. The summed E-state index contributed by atoms with van der Waals surface area (Å²) in [5, 5.41) is 12.5. The molecule has 1 amide bonds. The topological polar surface area (TPSA) is 77.4 Å². The number of ether oxygens (including phenoxy) is 1. The molecule has 7 nitrogen and oxygen atoms in total. The first-order valence-electron chi connectivity index (χ1n) is 8.73. The van der Waals surface area contributed by atoms with E-state index in [0.717, 1.165) is 11.5 Å². The third-order valence-corrected chi connectivity index (χ3v) is 4.32. The number of hydrogen-bond acceptors (Lipinski definition) is 6. The Morgan fingerprint density at radius 3 is 2.88 bits per heavy atom. The van der Waals surface area contributed by atoms with Crippen molar-refractivity contribution in [1.82, 2.24) is 15.1 Å². The van der Waals surface area contributed by atoms with Crippen LogP contribution in [0, 0.1) is 5.82 Å². The van der Waals surface area contributed by atoms with E-state index in [1.54, 1.807) is 11.0 Å². The van der Waals surface area contributed by atoms with Crippen LogP contribution in [0.4, 0.5) is 9.18 Å². The number of halogens is 1. The second-order valence-electron chi connectivity index (χ2n) is 7.58. The van der Waals surface area contributed by atoms with Gasteiger partial charge in [0.2, 0.25) is 0 Å². The van der Waals surface area contributed by atoms with Crippen LogP contribution in [-0.4, -0.2) is 64.8 Å². The van der Waals surface area contributed by atoms with Gasteiger partial charge in [0.25, 0.3) is 0 Å². The number of guanidine groups is 1. The molecule has 1 fully saturated rings. The Bertz CT molecular complexity index is 717. The van der Waals surface area contributed by atoms with Crippen molar-refractivity contribution < 1.29 is 19.0 Å². The van der Waals surface area contributed by atoms with Crippen LogP contribution < -0.4 is 5.32 Å². The molecule has 1 aromatic carbocycles. The molecule has 2 aliphatic heterocycles. The lowest BCUT2D eigenvalue weighted by Gasteiger charge is -2.39. The first-order valence-corrected chi connectivity index (χ1v) is 8.73. The number of hydrogen-bond donors (Lipinski definition) is 2. The molecule has 1 saturated heterocycles. The summed E-state index contributed by atoms with van der Waals surface area (Å²) in [6.45, 7) is 8.38. The lowest BCUT2D eigenvalue weighted by atomic mass is 10.2. The Morgan fingerprint density at radius 2 is 2.19 bits per heavy atom. The fourth-order valence-corrected chi connectivity index (χ4v) is 3.06. The van der Waals surface area contributed by atoms with Gasteiger partial charge in [-0.3, -0.25) is 4.99 Å². The first kappa shape index (κ1) is 18.3. The molecule has 3 rings (SSSR count). The zero-order chi connectivity index (χ0) is 18.9. The van der Waals surface area contributed by atoms with Gasteiger partial charge in [-0.1, -0.05) is 6.07 Å². The second-order valence-corrected chi connectivity index (χ2v) is 7.58. The molecule has 2 aliphatic rings. The van der Waals surface area contributed by atoms with Crippen molar-refractivity contribution >= 4 is 12.1 Å². The highest BCUT2D eigenvalue weighted by Crippen LogP contribution is 2.20. The van der Waals surface area contributed by atoms with Crippen molar-refractivity contribution in [2.75, 3.05) is 26.2 Å². The zero-order valence-electron chi connectivity index (χ0n) is 15.3. The van der Waals surface area contributed by atoms with E-state index >= 15 is 0 Å². The molecule has 1 atom stereocenters. The maximum atomic E-state index is 13.4. The Morgan fingerprint density at radius 1 is 1.42 bits per heavy atom. The number of phenols is 1. The second kappa shape index (κ2) is 7.01. The van der Waals surface area contributed by atoms with E-state index in [2.05, 4.69) is 15.2 Å². The minimum atomic E-state index is -0.637. The third kappa shape index (κ3) is 4.17. The molecule has 0 aliphatic carbocycles. The number of rotatable bonds is 2. The Hall–Kier alpha value is -2.51. The molecule has 2 heterocycles. The van der Waals surface area contributed by atoms with Gasteiger partial charge in [0.15, 0.2) is 17.5 Å². The van der Waals surface area contributed by atoms with Crippen molar-refractivity contribution in [3.05, 3.63) is 29.6 Å². The van der Waals surface area contributed by atoms with E-state index in [9.17, 15) is 14.3 Å². The molecular weight excluding hydrogens is 339 g/mol. The monoisotopic (exact) mass is 364 g/mol. The summed E-state index contributed by atoms with van der Waals surface area (Å²) in [7, 11) is 0. The summed E-state index contributed by atoms with van der Waals surface area (Å²) in [5.74, 6) is -0.237. The summed E-state index contributed by atoms with van der Waals surface area (Å²) in [5.41, 5.74) is 0.214. The smallest absolute Gasteiger partial charge is 0.410 e. The maximum absolute atomic E-state index is 13.4. The number of carbonyl (C=O) groups is 1. The normalized spacial score (nSPS) is 19.8. The summed E-state index contributed by atoms with van der Waals surface area (Å²) in [6.07, 6.45) is -0.293. The largest absolute Gasteiger partial charge is 0.505 e. The number of aliphatic imine (C=N–C) groups is 1. The van der Waals surface area contributed by atoms with Crippen LogP contribution in [-0.2, 0) is 11.3 Å². The number of aromatic hydroxyl groups is 1. The average molecular weight is 364 g/mol. The van der Waals surface area contributed by atoms with E-state index in [1.807, 2.05) is 20.8 Å². The standard InChI is InChI=1S/C18H25FN4O3/c1-18(2,3)26-17(25)22-6-7-23-13(11-22)10-21-16(23)20-9-12-4-5-15(24)14(19)8-12/h4-5,8,13,24H,6-7,9-11H2,1-3H3,(H,20,21). The number of nitrogens with zero attached hydrogens (tertiary/aromatic N) is 3. The van der Waals surface area contributed by atoms with Gasteiger partial charge in [0.05, 0.1) is 12.6 Å². The van der Waals surface area contributed by atoms with Gasteiger partial charge >= 0.3 is 6.09 Å². The Labute approximate surface area is 152 Å². The van der Waals surface area contributed by atoms with Crippen molar-refractivity contribution in [3.8, 4) is 5.75 Å². The molecule has 0 saturated carbocycles. The van der Waals surface area contributed by atoms with Gasteiger partial charge in [-0.2, -0.15) is 0 Å². The van der Waals surface area contributed by atoms with Crippen molar-refractivity contribution in [1.29, 1.82) is 0 Å². The molecule has 142 valence electrons. The summed E-state index contributed by atoms with van der Waals surface area (Å²) < 4.78 is 18.9. The van der Waals surface area contributed by atoms with Gasteiger partial charge in [-0.05, 0) is 38.5 Å². The van der Waals surface area contributed by atoms with Crippen LogP contribution in [0.1, 0.15) is 26.3 Å². The molecule has 1 unspecified atom stereocenters. The predicted octanol–water partition coefficient (Wildman–Crippen LogP) is 1.91. The number of carbonyl (C=O) groups excluding carboxylic acids is 1. The van der Waals surface area contributed by atoms with Gasteiger partial charge in [-0.15, -0.1) is 0 Å². The molecule has 2 N–H and O–H groups in total. The fraction of sp³-hybridized carbons (Fsp3) is 0.556. The molecule has 26 heavy (non-hydrogen) atoms. The Kier molecular flexibility index (Phi) is 4.93. The van der Waals surface area contributed by atoms with Crippen molar-refractivity contribution in [3.63, 3.8) is 0 Å². The number of fused-ring (bicyclic) bond motifs is 1. The molecule has 1 aromatic rings. The van der Waals surface area contributed by atoms with Gasteiger partial charge in [-0.25, -0.2) is 9.18 Å². The number of amides is 1. The molecule has 0 spiro atoms. The summed E-state index contributed by atoms with van der Waals surface area (Å²) in [4.78, 5) is 20.6.